The molecule has 3 nitrogen and oxygen atoms in total. The molecule has 0 bridgehead atoms. The molecule has 0 saturated heterocycles. The van der Waals surface area contributed by atoms with Crippen molar-refractivity contribution in [2.75, 3.05) is 0 Å². The third kappa shape index (κ3) is 5.01. The van der Waals surface area contributed by atoms with Gasteiger partial charge in [0.05, 0.1) is 11.4 Å². The minimum Gasteiger partial charge on any atom is -0.455 e. The van der Waals surface area contributed by atoms with Crippen LogP contribution in [-0.2, 0) is 0 Å². The Morgan fingerprint density at radius 3 is 1.82 bits per heavy atom. The highest BCUT2D eigenvalue weighted by Crippen LogP contribution is 2.49. The van der Waals surface area contributed by atoms with Gasteiger partial charge in [-0.15, -0.1) is 11.3 Å². The minimum atomic E-state index is 0.678. The second kappa shape index (κ2) is 12.9. The summed E-state index contributed by atoms with van der Waals surface area (Å²) in [7, 11) is 0. The molecule has 3 aromatic heterocycles. The van der Waals surface area contributed by atoms with E-state index in [0.717, 1.165) is 61.1 Å². The van der Waals surface area contributed by atoms with Crippen LogP contribution in [0.2, 0.25) is 0 Å². The molecule has 0 saturated carbocycles. The van der Waals surface area contributed by atoms with Gasteiger partial charge in [-0.2, -0.15) is 0 Å². The van der Waals surface area contributed by atoms with E-state index in [4.69, 9.17) is 14.4 Å². The second-order valence-electron chi connectivity index (χ2n) is 15.6. The van der Waals surface area contributed by atoms with E-state index in [2.05, 4.69) is 182 Å². The average molecular weight is 781 g/mol. The van der Waals surface area contributed by atoms with E-state index in [9.17, 15) is 0 Å². The van der Waals surface area contributed by atoms with Crippen molar-refractivity contribution in [3.05, 3.63) is 194 Å². The Balaban J connectivity index is 1.18. The van der Waals surface area contributed by atoms with Gasteiger partial charge in [0.2, 0.25) is 0 Å². The van der Waals surface area contributed by atoms with Gasteiger partial charge in [-0.25, -0.2) is 9.97 Å². The number of nitrogens with zero attached hydrogens (tertiary/aromatic N) is 2. The molecular weight excluding hydrogens is 749 g/mol. The van der Waals surface area contributed by atoms with Crippen molar-refractivity contribution in [3.63, 3.8) is 0 Å². The number of rotatable bonds is 4. The van der Waals surface area contributed by atoms with Crippen molar-refractivity contribution >= 4 is 96.5 Å². The molecule has 0 amide bonds. The summed E-state index contributed by atoms with van der Waals surface area (Å²) >= 11 is 1.87. The minimum absolute atomic E-state index is 0.678. The number of thiophene rings is 1. The lowest BCUT2D eigenvalue weighted by Crippen LogP contribution is -1.97. The van der Waals surface area contributed by atoms with Crippen LogP contribution in [0.4, 0.5) is 0 Å². The van der Waals surface area contributed by atoms with Gasteiger partial charge in [-0.05, 0) is 91.3 Å². The number of para-hydroxylation sites is 2. The van der Waals surface area contributed by atoms with E-state index in [0.29, 0.717) is 5.82 Å². The summed E-state index contributed by atoms with van der Waals surface area (Å²) < 4.78 is 9.14. The summed E-state index contributed by atoms with van der Waals surface area (Å²) in [5.74, 6) is 0.678. The molecule has 0 aliphatic heterocycles. The number of furan rings is 1. The van der Waals surface area contributed by atoms with Gasteiger partial charge < -0.3 is 4.42 Å². The van der Waals surface area contributed by atoms with Gasteiger partial charge in [-0.3, -0.25) is 0 Å². The van der Waals surface area contributed by atoms with Crippen LogP contribution in [0.15, 0.2) is 199 Å². The van der Waals surface area contributed by atoms with Gasteiger partial charge in [0, 0.05) is 53.0 Å². The highest BCUT2D eigenvalue weighted by atomic mass is 32.1. The molecule has 0 N–H and O–H groups in total. The largest absolute Gasteiger partial charge is 0.455 e. The quantitative estimate of drug-likeness (QED) is 0.167. The summed E-state index contributed by atoms with van der Waals surface area (Å²) in [4.78, 5) is 11.1. The van der Waals surface area contributed by atoms with Crippen LogP contribution in [0.25, 0.3) is 130 Å². The smallest absolute Gasteiger partial charge is 0.161 e. The van der Waals surface area contributed by atoms with Crippen molar-refractivity contribution in [1.29, 1.82) is 0 Å². The first-order chi connectivity index (χ1) is 29.7. The first kappa shape index (κ1) is 33.3. The molecule has 0 spiro atoms. The lowest BCUT2D eigenvalue weighted by molar-refractivity contribution is 0.670. The average Bonchev–Trinajstić information content (AvgIpc) is 3.89. The number of hydrogen-bond acceptors (Lipinski definition) is 4. The molecule has 13 aromatic rings. The third-order valence-corrected chi connectivity index (χ3v) is 13.4. The molecule has 13 rings (SSSR count). The van der Waals surface area contributed by atoms with Crippen molar-refractivity contribution in [1.82, 2.24) is 9.97 Å². The normalized spacial score (nSPS) is 12.0. The molecule has 0 fully saturated rings. The topological polar surface area (TPSA) is 38.9 Å². The van der Waals surface area contributed by atoms with Gasteiger partial charge >= 0.3 is 0 Å². The molecule has 0 radical (unpaired) electrons. The van der Waals surface area contributed by atoms with Gasteiger partial charge in [-0.1, -0.05) is 152 Å². The van der Waals surface area contributed by atoms with Crippen LogP contribution in [0.1, 0.15) is 0 Å². The van der Waals surface area contributed by atoms with Gasteiger partial charge in [0.15, 0.2) is 5.82 Å². The fourth-order valence-corrected chi connectivity index (χ4v) is 10.8. The standard InChI is InChI=1S/C56H32N2OS/c1-2-14-33(15-3-1)34-18-12-19-37(28-34)48-32-49(44-26-13-25-43-41-23-10-11-27-50(41)59-54(43)44)58-56(57-48)47-31-45-40-22-7-6-20-38(40)39-21-8-9-24-42(39)52(45)55-53(47)46-29-35-16-4-5-17-36(35)30-51(46)60-55/h1-32H. The molecule has 0 aliphatic carbocycles. The SMILES string of the molecule is c1ccc(-c2cccc(-c3cc(-c4cccc5c4oc4ccccc45)nc(-c4cc5c6ccccc6c6ccccc6c5c5sc6cc7ccccc7cc6c45)n3)c2)cc1. The maximum absolute atomic E-state index is 6.65. The second-order valence-corrected chi connectivity index (χ2v) is 16.7. The first-order valence-corrected chi connectivity index (χ1v) is 21.1. The van der Waals surface area contributed by atoms with Gasteiger partial charge in [0.25, 0.3) is 0 Å². The summed E-state index contributed by atoms with van der Waals surface area (Å²) in [6.07, 6.45) is 0. The van der Waals surface area contributed by atoms with Crippen molar-refractivity contribution in [2.45, 2.75) is 0 Å². The fraction of sp³-hybridized carbons (Fsp3) is 0. The number of aromatic nitrogens is 2. The number of hydrogen-bond donors (Lipinski definition) is 0. The first-order valence-electron chi connectivity index (χ1n) is 20.3. The van der Waals surface area contributed by atoms with Gasteiger partial charge in [0.1, 0.15) is 11.2 Å². The number of fused-ring (bicyclic) bond motifs is 14. The zero-order valence-corrected chi connectivity index (χ0v) is 33.0. The van der Waals surface area contributed by atoms with E-state index in [1.807, 2.05) is 23.5 Å². The summed E-state index contributed by atoms with van der Waals surface area (Å²) in [6, 6.07) is 69.5. The van der Waals surface area contributed by atoms with E-state index < -0.39 is 0 Å². The van der Waals surface area contributed by atoms with Crippen LogP contribution >= 0.6 is 11.3 Å². The Morgan fingerprint density at radius 1 is 0.367 bits per heavy atom. The van der Waals surface area contributed by atoms with Crippen LogP contribution in [-0.4, -0.2) is 9.97 Å². The maximum atomic E-state index is 6.65. The van der Waals surface area contributed by atoms with Crippen LogP contribution in [0.3, 0.4) is 0 Å². The highest BCUT2D eigenvalue weighted by molar-refractivity contribution is 7.27. The molecule has 10 aromatic carbocycles. The Kier molecular flexibility index (Phi) is 7.18. The zero-order valence-electron chi connectivity index (χ0n) is 32.2. The summed E-state index contributed by atoms with van der Waals surface area (Å²) in [5.41, 5.74) is 8.60. The summed E-state index contributed by atoms with van der Waals surface area (Å²) in [6.45, 7) is 0. The molecule has 0 unspecified atom stereocenters. The monoisotopic (exact) mass is 780 g/mol. The molecule has 278 valence electrons. The van der Waals surface area contributed by atoms with Crippen LogP contribution < -0.4 is 0 Å². The van der Waals surface area contributed by atoms with E-state index in [-0.39, 0.29) is 0 Å². The Labute approximate surface area is 348 Å². The van der Waals surface area contributed by atoms with E-state index in [1.165, 1.54) is 63.3 Å². The van der Waals surface area contributed by atoms with E-state index >= 15 is 0 Å². The summed E-state index contributed by atoms with van der Waals surface area (Å²) in [5, 5.41) is 14.4. The Morgan fingerprint density at radius 2 is 0.983 bits per heavy atom. The molecular formula is C56H32N2OS. The van der Waals surface area contributed by atoms with Crippen molar-refractivity contribution in [2.24, 2.45) is 0 Å². The van der Waals surface area contributed by atoms with Crippen molar-refractivity contribution < 1.29 is 4.42 Å². The fourth-order valence-electron chi connectivity index (χ4n) is 9.47. The molecule has 3 heterocycles. The van der Waals surface area contributed by atoms with Crippen molar-refractivity contribution in [3.8, 4) is 45.0 Å². The lowest BCUT2D eigenvalue weighted by Gasteiger charge is -2.15. The molecule has 4 heteroatoms. The molecule has 0 atom stereocenters. The number of benzene rings is 10. The predicted molar refractivity (Wildman–Crippen MR) is 254 cm³/mol. The van der Waals surface area contributed by atoms with Crippen LogP contribution in [0, 0.1) is 0 Å². The lowest BCUT2D eigenvalue weighted by atomic mass is 9.91. The predicted octanol–water partition coefficient (Wildman–Crippen LogP) is 16.0. The molecule has 60 heavy (non-hydrogen) atoms. The third-order valence-electron chi connectivity index (χ3n) is 12.2. The zero-order chi connectivity index (χ0) is 39.3. The highest BCUT2D eigenvalue weighted by Gasteiger charge is 2.23. The van der Waals surface area contributed by atoms with Crippen LogP contribution in [0.5, 0.6) is 0 Å². The Bertz CT molecular complexity index is 3900. The van der Waals surface area contributed by atoms with E-state index in [1.54, 1.807) is 0 Å². The molecule has 0 aliphatic rings. The maximum Gasteiger partial charge on any atom is 0.161 e. The Hall–Kier alpha value is -7.66.